The molecule has 6 heteroatoms. The molecule has 2 rings (SSSR count). The number of phenols is 2. The Kier molecular flexibility index (Phi) is 5.68. The maximum absolute atomic E-state index is 11.8. The lowest BCUT2D eigenvalue weighted by Crippen LogP contribution is -2.38. The Morgan fingerprint density at radius 1 is 1.12 bits per heavy atom. The molecule has 0 saturated carbocycles. The summed E-state index contributed by atoms with van der Waals surface area (Å²) in [6.45, 7) is 5.62. The number of hydrogen-bond donors (Lipinski definition) is 4. The molecule has 0 saturated heterocycles. The summed E-state index contributed by atoms with van der Waals surface area (Å²) in [7, 11) is 0. The predicted molar refractivity (Wildman–Crippen MR) is 91.4 cm³/mol. The number of hydrogen-bond acceptors (Lipinski definition) is 5. The fourth-order valence-corrected chi connectivity index (χ4v) is 1.99. The zero-order valence-corrected chi connectivity index (χ0v) is 13.4. The molecule has 1 amide bonds. The largest absolute Gasteiger partial charge is 0.508 e. The third-order valence-corrected chi connectivity index (χ3v) is 3.36. The number of benzene rings is 2. The van der Waals surface area contributed by atoms with E-state index in [4.69, 9.17) is 4.74 Å². The van der Waals surface area contributed by atoms with Crippen LogP contribution in [0.5, 0.6) is 17.2 Å². The molecule has 0 aromatic heterocycles. The molecular weight excluding hydrogens is 308 g/mol. The molecule has 0 bridgehead atoms. The van der Waals surface area contributed by atoms with Gasteiger partial charge in [-0.3, -0.25) is 15.6 Å². The monoisotopic (exact) mass is 328 g/mol. The van der Waals surface area contributed by atoms with E-state index in [1.807, 2.05) is 24.3 Å². The summed E-state index contributed by atoms with van der Waals surface area (Å²) in [5.74, 6) is 0.0101. The maximum atomic E-state index is 11.8. The highest BCUT2D eigenvalue weighted by atomic mass is 16.5. The Balaban J connectivity index is 1.80. The molecule has 0 fully saturated rings. The standard InChI is InChI=1S/C18H20N2O4/c1-3-13-4-7-15(8-5-13)24-11-18(23)20-19-12(2)16-9-6-14(21)10-17(16)22/h4-10,19,21-22H,2-3,11H2,1H3,(H,20,23). The number of hydrazine groups is 1. The van der Waals surface area contributed by atoms with Gasteiger partial charge in [-0.2, -0.15) is 0 Å². The van der Waals surface area contributed by atoms with Crippen LogP contribution in [0.15, 0.2) is 49.0 Å². The summed E-state index contributed by atoms with van der Waals surface area (Å²) in [6.07, 6.45) is 0.941. The molecule has 6 nitrogen and oxygen atoms in total. The van der Waals surface area contributed by atoms with Crippen LogP contribution in [-0.2, 0) is 11.2 Å². The molecule has 0 spiro atoms. The first kappa shape index (κ1) is 17.2. The molecular formula is C18H20N2O4. The average Bonchev–Trinajstić information content (AvgIpc) is 2.58. The fraction of sp³-hybridized carbons (Fsp3) is 0.167. The van der Waals surface area contributed by atoms with Gasteiger partial charge in [0.15, 0.2) is 6.61 Å². The number of aromatic hydroxyl groups is 2. The van der Waals surface area contributed by atoms with Gasteiger partial charge < -0.3 is 14.9 Å². The van der Waals surface area contributed by atoms with E-state index in [2.05, 4.69) is 24.4 Å². The van der Waals surface area contributed by atoms with Gasteiger partial charge in [0.2, 0.25) is 0 Å². The van der Waals surface area contributed by atoms with Crippen molar-refractivity contribution in [2.24, 2.45) is 0 Å². The zero-order chi connectivity index (χ0) is 17.5. The van der Waals surface area contributed by atoms with Crippen LogP contribution < -0.4 is 15.6 Å². The Morgan fingerprint density at radius 2 is 1.83 bits per heavy atom. The van der Waals surface area contributed by atoms with Gasteiger partial charge in [0, 0.05) is 11.6 Å². The number of carbonyl (C=O) groups is 1. The topological polar surface area (TPSA) is 90.8 Å². The third kappa shape index (κ3) is 4.67. The second kappa shape index (κ2) is 7.92. The quantitative estimate of drug-likeness (QED) is 0.586. The number of carbonyl (C=O) groups excluding carboxylic acids is 1. The van der Waals surface area contributed by atoms with Gasteiger partial charge in [0.1, 0.15) is 17.2 Å². The van der Waals surface area contributed by atoms with Gasteiger partial charge in [0.05, 0.1) is 5.70 Å². The van der Waals surface area contributed by atoms with Gasteiger partial charge in [-0.15, -0.1) is 0 Å². The second-order valence-electron chi connectivity index (χ2n) is 5.14. The molecule has 126 valence electrons. The second-order valence-corrected chi connectivity index (χ2v) is 5.14. The highest BCUT2D eigenvalue weighted by Crippen LogP contribution is 2.26. The van der Waals surface area contributed by atoms with Crippen molar-refractivity contribution in [1.29, 1.82) is 0 Å². The highest BCUT2D eigenvalue weighted by molar-refractivity contribution is 5.79. The molecule has 0 atom stereocenters. The van der Waals surface area contributed by atoms with Crippen LogP contribution in [0.3, 0.4) is 0 Å². The molecule has 0 heterocycles. The van der Waals surface area contributed by atoms with Crippen LogP contribution in [0.2, 0.25) is 0 Å². The van der Waals surface area contributed by atoms with Gasteiger partial charge in [0.25, 0.3) is 5.91 Å². The van der Waals surface area contributed by atoms with Gasteiger partial charge in [-0.25, -0.2) is 0 Å². The van der Waals surface area contributed by atoms with Crippen molar-refractivity contribution < 1.29 is 19.7 Å². The molecule has 4 N–H and O–H groups in total. The van der Waals surface area contributed by atoms with Gasteiger partial charge in [-0.05, 0) is 36.2 Å². The molecule has 0 aliphatic carbocycles. The number of ether oxygens (including phenoxy) is 1. The van der Waals surface area contributed by atoms with E-state index >= 15 is 0 Å². The van der Waals surface area contributed by atoms with Crippen molar-refractivity contribution in [1.82, 2.24) is 10.9 Å². The van der Waals surface area contributed by atoms with Crippen LogP contribution in [-0.4, -0.2) is 22.7 Å². The smallest absolute Gasteiger partial charge is 0.276 e. The van der Waals surface area contributed by atoms with E-state index < -0.39 is 5.91 Å². The van der Waals surface area contributed by atoms with E-state index in [9.17, 15) is 15.0 Å². The number of amides is 1. The van der Waals surface area contributed by atoms with E-state index in [0.717, 1.165) is 6.42 Å². The third-order valence-electron chi connectivity index (χ3n) is 3.36. The minimum atomic E-state index is -0.394. The normalized spacial score (nSPS) is 10.0. The lowest BCUT2D eigenvalue weighted by Gasteiger charge is -2.13. The zero-order valence-electron chi connectivity index (χ0n) is 13.4. The summed E-state index contributed by atoms with van der Waals surface area (Å²) in [6, 6.07) is 11.6. The average molecular weight is 328 g/mol. The van der Waals surface area contributed by atoms with Crippen molar-refractivity contribution in [3.8, 4) is 17.2 Å². The van der Waals surface area contributed by atoms with E-state index in [0.29, 0.717) is 11.3 Å². The summed E-state index contributed by atoms with van der Waals surface area (Å²) < 4.78 is 5.38. The summed E-state index contributed by atoms with van der Waals surface area (Å²) in [5, 5.41) is 19.0. The minimum absolute atomic E-state index is 0.0597. The Morgan fingerprint density at radius 3 is 2.46 bits per heavy atom. The maximum Gasteiger partial charge on any atom is 0.276 e. The number of rotatable bonds is 7. The Labute approximate surface area is 140 Å². The van der Waals surface area contributed by atoms with Crippen molar-refractivity contribution in [2.75, 3.05) is 6.61 Å². The van der Waals surface area contributed by atoms with Crippen molar-refractivity contribution in [3.05, 3.63) is 60.2 Å². The number of phenolic OH excluding ortho intramolecular Hbond substituents is 2. The first-order chi connectivity index (χ1) is 11.5. The van der Waals surface area contributed by atoms with Crippen molar-refractivity contribution in [3.63, 3.8) is 0 Å². The molecule has 0 aliphatic rings. The van der Waals surface area contributed by atoms with Crippen LogP contribution in [0.1, 0.15) is 18.1 Å². The first-order valence-electron chi connectivity index (χ1n) is 7.47. The Hall–Kier alpha value is -3.15. The number of nitrogens with one attached hydrogen (secondary N) is 2. The lowest BCUT2D eigenvalue weighted by atomic mass is 10.1. The Bertz CT molecular complexity index is 726. The molecule has 0 radical (unpaired) electrons. The number of aryl methyl sites for hydroxylation is 1. The van der Waals surface area contributed by atoms with Crippen LogP contribution in [0, 0.1) is 0 Å². The van der Waals surface area contributed by atoms with Crippen molar-refractivity contribution in [2.45, 2.75) is 13.3 Å². The van der Waals surface area contributed by atoms with E-state index in [1.54, 1.807) is 0 Å². The first-order valence-corrected chi connectivity index (χ1v) is 7.47. The van der Waals surface area contributed by atoms with Crippen LogP contribution >= 0.6 is 0 Å². The van der Waals surface area contributed by atoms with E-state index in [-0.39, 0.29) is 23.8 Å². The van der Waals surface area contributed by atoms with Crippen LogP contribution in [0.25, 0.3) is 5.70 Å². The summed E-state index contributed by atoms with van der Waals surface area (Å²) in [4.78, 5) is 11.8. The molecule has 2 aromatic rings. The summed E-state index contributed by atoms with van der Waals surface area (Å²) in [5.41, 5.74) is 6.87. The predicted octanol–water partition coefficient (Wildman–Crippen LogP) is 2.33. The molecule has 0 aliphatic heterocycles. The molecule has 2 aromatic carbocycles. The van der Waals surface area contributed by atoms with Crippen LogP contribution in [0.4, 0.5) is 0 Å². The van der Waals surface area contributed by atoms with Gasteiger partial charge in [-0.1, -0.05) is 25.6 Å². The highest BCUT2D eigenvalue weighted by Gasteiger charge is 2.08. The molecule has 24 heavy (non-hydrogen) atoms. The minimum Gasteiger partial charge on any atom is -0.508 e. The summed E-state index contributed by atoms with van der Waals surface area (Å²) >= 11 is 0. The van der Waals surface area contributed by atoms with Crippen molar-refractivity contribution >= 4 is 11.6 Å². The lowest BCUT2D eigenvalue weighted by molar-refractivity contribution is -0.123. The van der Waals surface area contributed by atoms with E-state index in [1.165, 1.54) is 23.8 Å². The molecule has 0 unspecified atom stereocenters. The SMILES string of the molecule is C=C(NNC(=O)COc1ccc(CC)cc1)c1ccc(O)cc1O. The fourth-order valence-electron chi connectivity index (χ4n) is 1.99. The van der Waals surface area contributed by atoms with Gasteiger partial charge >= 0.3 is 0 Å².